The number of amides is 1. The van der Waals surface area contributed by atoms with E-state index in [1.165, 1.54) is 5.56 Å². The maximum Gasteiger partial charge on any atom is 0.269 e. The van der Waals surface area contributed by atoms with Crippen LogP contribution >= 0.6 is 0 Å². The molecule has 1 aliphatic heterocycles. The van der Waals surface area contributed by atoms with E-state index >= 15 is 0 Å². The van der Waals surface area contributed by atoms with Gasteiger partial charge in [-0.15, -0.1) is 0 Å². The molecule has 3 aromatic rings. The van der Waals surface area contributed by atoms with Crippen LogP contribution in [0.15, 0.2) is 60.8 Å². The van der Waals surface area contributed by atoms with Crippen LogP contribution in [0, 0.1) is 5.92 Å². The first kappa shape index (κ1) is 17.6. The van der Waals surface area contributed by atoms with E-state index in [0.29, 0.717) is 24.1 Å². The van der Waals surface area contributed by atoms with Crippen molar-refractivity contribution in [3.63, 3.8) is 0 Å². The summed E-state index contributed by atoms with van der Waals surface area (Å²) in [6, 6.07) is 17.8. The van der Waals surface area contributed by atoms with E-state index in [1.807, 2.05) is 24.3 Å². The molecule has 0 radical (unpaired) electrons. The second-order valence-corrected chi connectivity index (χ2v) is 7.05. The van der Waals surface area contributed by atoms with Crippen molar-refractivity contribution in [3.05, 3.63) is 72.1 Å². The number of benzene rings is 1. The normalized spacial score (nSPS) is 16.1. The van der Waals surface area contributed by atoms with E-state index in [2.05, 4.69) is 44.9 Å². The summed E-state index contributed by atoms with van der Waals surface area (Å²) in [5.74, 6) is 0.762. The third-order valence-electron chi connectivity index (χ3n) is 5.35. The zero-order valence-electron chi connectivity index (χ0n) is 15.3. The minimum atomic E-state index is -0.129. The van der Waals surface area contributed by atoms with E-state index in [4.69, 9.17) is 0 Å². The second kappa shape index (κ2) is 8.27. The highest BCUT2D eigenvalue weighted by molar-refractivity contribution is 5.94. The summed E-state index contributed by atoms with van der Waals surface area (Å²) in [7, 11) is 0. The Labute approximate surface area is 159 Å². The van der Waals surface area contributed by atoms with Gasteiger partial charge in [-0.2, -0.15) is 0 Å². The highest BCUT2D eigenvalue weighted by Gasteiger charge is 2.25. The van der Waals surface area contributed by atoms with Crippen LogP contribution in [-0.4, -0.2) is 35.5 Å². The van der Waals surface area contributed by atoms with E-state index in [1.54, 1.807) is 12.3 Å². The molecule has 5 nitrogen and oxygen atoms in total. The van der Waals surface area contributed by atoms with Crippen molar-refractivity contribution in [2.45, 2.75) is 18.8 Å². The maximum atomic E-state index is 12.7. The van der Waals surface area contributed by atoms with Gasteiger partial charge in [0.1, 0.15) is 5.69 Å². The number of hydrogen-bond donors (Lipinski definition) is 2. The summed E-state index contributed by atoms with van der Waals surface area (Å²) in [6.45, 7) is 2.71. The van der Waals surface area contributed by atoms with Crippen LogP contribution in [0.2, 0.25) is 0 Å². The number of aromatic nitrogens is 2. The number of fused-ring (bicyclic) bond motifs is 1. The van der Waals surface area contributed by atoms with Gasteiger partial charge in [0.15, 0.2) is 0 Å². The van der Waals surface area contributed by atoms with Crippen LogP contribution in [0.3, 0.4) is 0 Å². The Balaban J connectivity index is 1.49. The zero-order valence-corrected chi connectivity index (χ0v) is 15.3. The molecule has 1 fully saturated rings. The van der Waals surface area contributed by atoms with Crippen LogP contribution < -0.4 is 10.6 Å². The molecular weight excluding hydrogens is 336 g/mol. The SMILES string of the molecule is O=C(NCC(c1ccccc1)C1CCNCC1)c1ccc2ncccc2n1. The second-order valence-electron chi connectivity index (χ2n) is 7.05. The molecule has 1 atom stereocenters. The fourth-order valence-electron chi connectivity index (χ4n) is 3.88. The summed E-state index contributed by atoms with van der Waals surface area (Å²) in [4.78, 5) is 21.4. The van der Waals surface area contributed by atoms with Gasteiger partial charge in [0.25, 0.3) is 5.91 Å². The Hall–Kier alpha value is -2.79. The Morgan fingerprint density at radius 2 is 1.85 bits per heavy atom. The fraction of sp³-hybridized carbons (Fsp3) is 0.318. The van der Waals surface area contributed by atoms with E-state index in [-0.39, 0.29) is 5.91 Å². The van der Waals surface area contributed by atoms with Gasteiger partial charge in [0.2, 0.25) is 0 Å². The average molecular weight is 360 g/mol. The number of carbonyl (C=O) groups excluding carboxylic acids is 1. The standard InChI is InChI=1S/C22H24N4O/c27-22(21-9-8-19-20(26-21)7-4-12-24-19)25-15-18(16-5-2-1-3-6-16)17-10-13-23-14-11-17/h1-9,12,17-18,23H,10-11,13-15H2,(H,25,27). The van der Waals surface area contributed by atoms with Gasteiger partial charge in [0, 0.05) is 18.7 Å². The van der Waals surface area contributed by atoms with Crippen molar-refractivity contribution in [2.75, 3.05) is 19.6 Å². The molecule has 5 heteroatoms. The monoisotopic (exact) mass is 360 g/mol. The molecule has 1 amide bonds. The summed E-state index contributed by atoms with van der Waals surface area (Å²) in [6.07, 6.45) is 4.00. The molecule has 1 aliphatic rings. The molecule has 1 unspecified atom stereocenters. The summed E-state index contributed by atoms with van der Waals surface area (Å²) < 4.78 is 0. The molecule has 3 heterocycles. The molecule has 0 saturated carbocycles. The van der Waals surface area contributed by atoms with E-state index < -0.39 is 0 Å². The molecule has 2 N–H and O–H groups in total. The number of rotatable bonds is 5. The lowest BCUT2D eigenvalue weighted by Crippen LogP contribution is -2.36. The average Bonchev–Trinajstić information content (AvgIpc) is 2.75. The first-order valence-corrected chi connectivity index (χ1v) is 9.57. The summed E-state index contributed by atoms with van der Waals surface area (Å²) >= 11 is 0. The van der Waals surface area contributed by atoms with Crippen molar-refractivity contribution in [1.29, 1.82) is 0 Å². The first-order valence-electron chi connectivity index (χ1n) is 9.57. The molecule has 2 aromatic heterocycles. The molecule has 138 valence electrons. The Morgan fingerprint density at radius 3 is 2.67 bits per heavy atom. The number of nitrogens with zero attached hydrogens (tertiary/aromatic N) is 2. The molecule has 0 bridgehead atoms. The number of hydrogen-bond acceptors (Lipinski definition) is 4. The lowest BCUT2D eigenvalue weighted by molar-refractivity contribution is 0.0942. The van der Waals surface area contributed by atoms with Crippen LogP contribution in [0.25, 0.3) is 11.0 Å². The number of pyridine rings is 2. The van der Waals surface area contributed by atoms with Crippen molar-refractivity contribution in [2.24, 2.45) is 5.92 Å². The van der Waals surface area contributed by atoms with Crippen LogP contribution in [-0.2, 0) is 0 Å². The number of nitrogens with one attached hydrogen (secondary N) is 2. The first-order chi connectivity index (χ1) is 13.3. The van der Waals surface area contributed by atoms with Gasteiger partial charge >= 0.3 is 0 Å². The lowest BCUT2D eigenvalue weighted by atomic mass is 9.80. The Kier molecular flexibility index (Phi) is 5.39. The molecule has 0 spiro atoms. The summed E-state index contributed by atoms with van der Waals surface area (Å²) in [5.41, 5.74) is 3.27. The smallest absolute Gasteiger partial charge is 0.269 e. The molecule has 27 heavy (non-hydrogen) atoms. The summed E-state index contributed by atoms with van der Waals surface area (Å²) in [5, 5.41) is 6.54. The predicted octanol–water partition coefficient (Wildman–Crippen LogP) is 3.14. The van der Waals surface area contributed by atoms with Gasteiger partial charge < -0.3 is 10.6 Å². The highest BCUT2D eigenvalue weighted by Crippen LogP contribution is 2.30. The third-order valence-corrected chi connectivity index (χ3v) is 5.35. The molecule has 0 aliphatic carbocycles. The van der Waals surface area contributed by atoms with Gasteiger partial charge in [-0.1, -0.05) is 30.3 Å². The van der Waals surface area contributed by atoms with Gasteiger partial charge in [0.05, 0.1) is 11.0 Å². The molecule has 1 saturated heterocycles. The molecular formula is C22H24N4O. The van der Waals surface area contributed by atoms with E-state index in [0.717, 1.165) is 37.0 Å². The molecule has 1 aromatic carbocycles. The van der Waals surface area contributed by atoms with Crippen molar-refractivity contribution in [1.82, 2.24) is 20.6 Å². The minimum absolute atomic E-state index is 0.129. The molecule has 4 rings (SSSR count). The lowest BCUT2D eigenvalue weighted by Gasteiger charge is -2.31. The van der Waals surface area contributed by atoms with Gasteiger partial charge in [-0.05, 0) is 61.7 Å². The van der Waals surface area contributed by atoms with Crippen molar-refractivity contribution < 1.29 is 4.79 Å². The predicted molar refractivity (Wildman–Crippen MR) is 107 cm³/mol. The van der Waals surface area contributed by atoms with Gasteiger partial charge in [-0.25, -0.2) is 4.98 Å². The maximum absolute atomic E-state index is 12.7. The van der Waals surface area contributed by atoms with Crippen LogP contribution in [0.5, 0.6) is 0 Å². The van der Waals surface area contributed by atoms with Crippen molar-refractivity contribution >= 4 is 16.9 Å². The Morgan fingerprint density at radius 1 is 1.04 bits per heavy atom. The number of piperidine rings is 1. The number of carbonyl (C=O) groups is 1. The third kappa shape index (κ3) is 4.14. The Bertz CT molecular complexity index is 906. The fourth-order valence-corrected chi connectivity index (χ4v) is 3.88. The highest BCUT2D eigenvalue weighted by atomic mass is 16.1. The van der Waals surface area contributed by atoms with E-state index in [9.17, 15) is 4.79 Å². The van der Waals surface area contributed by atoms with Crippen molar-refractivity contribution in [3.8, 4) is 0 Å². The zero-order chi connectivity index (χ0) is 18.5. The topological polar surface area (TPSA) is 66.9 Å². The van der Waals surface area contributed by atoms with Crippen LogP contribution in [0.4, 0.5) is 0 Å². The quantitative estimate of drug-likeness (QED) is 0.734. The van der Waals surface area contributed by atoms with Gasteiger partial charge in [-0.3, -0.25) is 9.78 Å². The minimum Gasteiger partial charge on any atom is -0.350 e. The largest absolute Gasteiger partial charge is 0.350 e. The van der Waals surface area contributed by atoms with Crippen LogP contribution in [0.1, 0.15) is 34.8 Å².